The largest absolute Gasteiger partial charge is 0.385 e. The molecule has 1 saturated carbocycles. The number of benzene rings is 1. The number of hydrogen-bond acceptors (Lipinski definition) is 4. The van der Waals surface area contributed by atoms with Crippen molar-refractivity contribution in [1.29, 1.82) is 0 Å². The van der Waals surface area contributed by atoms with Crippen LogP contribution in [-0.2, 0) is 27.4 Å². The van der Waals surface area contributed by atoms with E-state index in [1.54, 1.807) is 7.11 Å². The Balaban J connectivity index is 1.59. The molecule has 0 spiro atoms. The summed E-state index contributed by atoms with van der Waals surface area (Å²) in [5, 5.41) is 4.52. The standard InChI is InChI=1S/C22H31N3O3/c1-16-4-7-20-19(12-16)17(14-24(20)9-3-10-27-2)15-25(18-5-6-18)22(26)21-13-23-8-11-28-21/h4,7,12,14,18,21,23H,3,5-6,8-11,13,15H2,1-2H3/t21-/m1/s1. The maximum absolute atomic E-state index is 13.1. The predicted octanol–water partition coefficient (Wildman–Crippen LogP) is 2.47. The smallest absolute Gasteiger partial charge is 0.253 e. The summed E-state index contributed by atoms with van der Waals surface area (Å²) in [6.45, 7) is 6.48. The molecular formula is C22H31N3O3. The van der Waals surface area contributed by atoms with Crippen molar-refractivity contribution in [2.75, 3.05) is 33.4 Å². The number of ether oxygens (including phenoxy) is 2. The fourth-order valence-electron chi connectivity index (χ4n) is 4.04. The minimum absolute atomic E-state index is 0.127. The van der Waals surface area contributed by atoms with E-state index in [0.29, 0.717) is 25.7 Å². The van der Waals surface area contributed by atoms with Gasteiger partial charge in [-0.2, -0.15) is 0 Å². The monoisotopic (exact) mass is 385 g/mol. The van der Waals surface area contributed by atoms with Crippen molar-refractivity contribution >= 4 is 16.8 Å². The molecule has 2 heterocycles. The van der Waals surface area contributed by atoms with Gasteiger partial charge in [-0.15, -0.1) is 0 Å². The van der Waals surface area contributed by atoms with Crippen LogP contribution in [0.3, 0.4) is 0 Å². The lowest BCUT2D eigenvalue weighted by Gasteiger charge is -2.30. The van der Waals surface area contributed by atoms with Crippen LogP contribution in [0, 0.1) is 6.92 Å². The van der Waals surface area contributed by atoms with E-state index >= 15 is 0 Å². The topological polar surface area (TPSA) is 55.7 Å². The molecule has 0 unspecified atom stereocenters. The Hall–Kier alpha value is -1.89. The number of carbonyl (C=O) groups excluding carboxylic acids is 1. The van der Waals surface area contributed by atoms with Crippen molar-refractivity contribution in [2.45, 2.75) is 51.4 Å². The normalized spacial score (nSPS) is 19.9. The van der Waals surface area contributed by atoms with Crippen molar-refractivity contribution in [3.8, 4) is 0 Å². The summed E-state index contributed by atoms with van der Waals surface area (Å²) in [5.41, 5.74) is 3.70. The molecule has 152 valence electrons. The molecule has 1 aromatic carbocycles. The summed E-state index contributed by atoms with van der Waals surface area (Å²) >= 11 is 0. The average molecular weight is 386 g/mol. The van der Waals surface area contributed by atoms with E-state index in [4.69, 9.17) is 9.47 Å². The number of aryl methyl sites for hydroxylation is 2. The van der Waals surface area contributed by atoms with E-state index in [-0.39, 0.29) is 12.0 Å². The van der Waals surface area contributed by atoms with Crippen LogP contribution in [0.2, 0.25) is 0 Å². The lowest BCUT2D eigenvalue weighted by atomic mass is 10.1. The number of nitrogens with one attached hydrogen (secondary N) is 1. The van der Waals surface area contributed by atoms with E-state index in [0.717, 1.165) is 39.0 Å². The minimum Gasteiger partial charge on any atom is -0.385 e. The number of carbonyl (C=O) groups is 1. The summed E-state index contributed by atoms with van der Waals surface area (Å²) in [7, 11) is 1.74. The summed E-state index contributed by atoms with van der Waals surface area (Å²) < 4.78 is 13.3. The lowest BCUT2D eigenvalue weighted by Crippen LogP contribution is -2.49. The maximum Gasteiger partial charge on any atom is 0.253 e. The summed E-state index contributed by atoms with van der Waals surface area (Å²) in [5.74, 6) is 0.127. The van der Waals surface area contributed by atoms with Crippen LogP contribution in [-0.4, -0.2) is 60.9 Å². The Kier molecular flexibility index (Phi) is 5.99. The van der Waals surface area contributed by atoms with E-state index in [1.807, 2.05) is 4.90 Å². The molecule has 2 aromatic rings. The molecule has 6 nitrogen and oxygen atoms in total. The number of aromatic nitrogens is 1. The van der Waals surface area contributed by atoms with Crippen LogP contribution in [0.4, 0.5) is 0 Å². The highest BCUT2D eigenvalue weighted by Crippen LogP contribution is 2.32. The van der Waals surface area contributed by atoms with Gasteiger partial charge in [-0.05, 0) is 43.9 Å². The van der Waals surface area contributed by atoms with Gasteiger partial charge in [0.25, 0.3) is 5.91 Å². The second-order valence-corrected chi connectivity index (χ2v) is 7.98. The molecule has 1 aromatic heterocycles. The fraction of sp³-hybridized carbons (Fsp3) is 0.591. The molecule has 2 fully saturated rings. The van der Waals surface area contributed by atoms with E-state index in [9.17, 15) is 4.79 Å². The molecule has 6 heteroatoms. The predicted molar refractivity (Wildman–Crippen MR) is 109 cm³/mol. The number of amides is 1. The van der Waals surface area contributed by atoms with Crippen molar-refractivity contribution in [3.63, 3.8) is 0 Å². The van der Waals surface area contributed by atoms with Crippen LogP contribution in [0.15, 0.2) is 24.4 Å². The number of methoxy groups -OCH3 is 1. The maximum atomic E-state index is 13.1. The number of fused-ring (bicyclic) bond motifs is 1. The van der Waals surface area contributed by atoms with E-state index in [2.05, 4.69) is 41.2 Å². The molecule has 1 aliphatic heterocycles. The molecule has 0 bridgehead atoms. The van der Waals surface area contributed by atoms with Gasteiger partial charge in [0.1, 0.15) is 6.10 Å². The van der Waals surface area contributed by atoms with Crippen LogP contribution >= 0.6 is 0 Å². The second-order valence-electron chi connectivity index (χ2n) is 7.98. The Labute approximate surface area is 166 Å². The van der Waals surface area contributed by atoms with Crippen molar-refractivity contribution < 1.29 is 14.3 Å². The van der Waals surface area contributed by atoms with Crippen LogP contribution in [0.1, 0.15) is 30.4 Å². The summed E-state index contributed by atoms with van der Waals surface area (Å²) in [6.07, 6.45) is 5.03. The summed E-state index contributed by atoms with van der Waals surface area (Å²) in [6, 6.07) is 6.95. The third kappa shape index (κ3) is 4.24. The highest BCUT2D eigenvalue weighted by atomic mass is 16.5. The Morgan fingerprint density at radius 2 is 2.25 bits per heavy atom. The third-order valence-corrected chi connectivity index (χ3v) is 5.68. The molecule has 2 aliphatic rings. The zero-order valence-electron chi connectivity index (χ0n) is 16.9. The van der Waals surface area contributed by atoms with Gasteiger partial charge >= 0.3 is 0 Å². The Morgan fingerprint density at radius 3 is 2.96 bits per heavy atom. The SMILES string of the molecule is COCCCn1cc(CN(C(=O)[C@H]2CNCCO2)C2CC2)c2cc(C)ccc21. The average Bonchev–Trinajstić information content (AvgIpc) is 3.50. The zero-order chi connectivity index (χ0) is 19.5. The molecule has 4 rings (SSSR count). The van der Waals surface area contributed by atoms with Crippen molar-refractivity contribution in [2.24, 2.45) is 0 Å². The molecule has 0 radical (unpaired) electrons. The van der Waals surface area contributed by atoms with E-state index in [1.165, 1.54) is 22.0 Å². The minimum atomic E-state index is -0.355. The highest BCUT2D eigenvalue weighted by Gasteiger charge is 2.37. The first kappa shape index (κ1) is 19.4. The number of hydrogen-bond donors (Lipinski definition) is 1. The van der Waals surface area contributed by atoms with Gasteiger partial charge in [-0.25, -0.2) is 0 Å². The number of rotatable bonds is 8. The first-order chi connectivity index (χ1) is 13.7. The number of nitrogens with zero attached hydrogens (tertiary/aromatic N) is 2. The van der Waals surface area contributed by atoms with Crippen LogP contribution in [0.5, 0.6) is 0 Å². The molecular weight excluding hydrogens is 354 g/mol. The molecule has 1 N–H and O–H groups in total. The molecule has 1 atom stereocenters. The summed E-state index contributed by atoms with van der Waals surface area (Å²) in [4.78, 5) is 15.2. The van der Waals surface area contributed by atoms with Gasteiger partial charge in [0.15, 0.2) is 0 Å². The molecule has 1 saturated heterocycles. The first-order valence-corrected chi connectivity index (χ1v) is 10.4. The van der Waals surface area contributed by atoms with Gasteiger partial charge in [-0.3, -0.25) is 4.79 Å². The molecule has 1 aliphatic carbocycles. The van der Waals surface area contributed by atoms with Gasteiger partial charge in [0, 0.05) is 63.0 Å². The fourth-order valence-corrected chi connectivity index (χ4v) is 4.04. The second kappa shape index (κ2) is 8.64. The zero-order valence-corrected chi connectivity index (χ0v) is 16.9. The van der Waals surface area contributed by atoms with Crippen molar-refractivity contribution in [3.05, 3.63) is 35.5 Å². The third-order valence-electron chi connectivity index (χ3n) is 5.68. The first-order valence-electron chi connectivity index (χ1n) is 10.4. The van der Waals surface area contributed by atoms with Crippen LogP contribution in [0.25, 0.3) is 10.9 Å². The number of morpholine rings is 1. The Bertz CT molecular complexity index is 822. The lowest BCUT2D eigenvalue weighted by molar-refractivity contribution is -0.146. The molecule has 1 amide bonds. The van der Waals surface area contributed by atoms with Gasteiger partial charge in [0.2, 0.25) is 0 Å². The van der Waals surface area contributed by atoms with Gasteiger partial charge < -0.3 is 24.3 Å². The van der Waals surface area contributed by atoms with Crippen LogP contribution < -0.4 is 5.32 Å². The highest BCUT2D eigenvalue weighted by molar-refractivity contribution is 5.86. The van der Waals surface area contributed by atoms with Gasteiger partial charge in [-0.1, -0.05) is 11.6 Å². The quantitative estimate of drug-likeness (QED) is 0.710. The van der Waals surface area contributed by atoms with Crippen molar-refractivity contribution in [1.82, 2.24) is 14.8 Å². The Morgan fingerprint density at radius 1 is 1.39 bits per heavy atom. The van der Waals surface area contributed by atoms with E-state index < -0.39 is 0 Å². The molecule has 28 heavy (non-hydrogen) atoms. The van der Waals surface area contributed by atoms with Gasteiger partial charge in [0.05, 0.1) is 6.61 Å².